The zero-order valence-corrected chi connectivity index (χ0v) is 11.1. The summed E-state index contributed by atoms with van der Waals surface area (Å²) in [7, 11) is 0. The topological polar surface area (TPSA) is 35.2 Å². The van der Waals surface area contributed by atoms with Crippen molar-refractivity contribution in [3.05, 3.63) is 65.5 Å². The molecule has 0 heterocycles. The van der Waals surface area contributed by atoms with E-state index in [1.165, 1.54) is 37.3 Å². The second kappa shape index (κ2) is 5.37. The van der Waals surface area contributed by atoms with Gasteiger partial charge in [0.1, 0.15) is 11.6 Å². The summed E-state index contributed by atoms with van der Waals surface area (Å²) in [4.78, 5) is 0. The van der Waals surface area contributed by atoms with Crippen molar-refractivity contribution in [2.24, 2.45) is 5.73 Å². The Morgan fingerprint density at radius 3 is 2.29 bits per heavy atom. The Hall–Kier alpha value is -2.08. The molecule has 0 aliphatic heterocycles. The van der Waals surface area contributed by atoms with Crippen LogP contribution in [0.3, 0.4) is 0 Å². The Balaban J connectivity index is 2.41. The molecule has 2 nitrogen and oxygen atoms in total. The van der Waals surface area contributed by atoms with E-state index in [1.54, 1.807) is 6.07 Å². The minimum absolute atomic E-state index is 0.189. The Morgan fingerprint density at radius 2 is 1.67 bits per heavy atom. The van der Waals surface area contributed by atoms with E-state index in [0.29, 0.717) is 5.56 Å². The van der Waals surface area contributed by atoms with Crippen LogP contribution in [0.5, 0.6) is 5.75 Å². The first-order valence-electron chi connectivity index (χ1n) is 6.10. The van der Waals surface area contributed by atoms with Gasteiger partial charge in [0, 0.05) is 5.56 Å². The van der Waals surface area contributed by atoms with Crippen LogP contribution in [0, 0.1) is 5.82 Å². The molecule has 2 N–H and O–H groups in total. The molecule has 2 aromatic carbocycles. The van der Waals surface area contributed by atoms with Gasteiger partial charge in [0.2, 0.25) is 0 Å². The van der Waals surface area contributed by atoms with Crippen molar-refractivity contribution in [1.29, 1.82) is 0 Å². The van der Waals surface area contributed by atoms with Crippen LogP contribution in [0.2, 0.25) is 0 Å². The number of rotatable bonds is 3. The zero-order chi connectivity index (χ0) is 15.7. The number of nitrogens with two attached hydrogens (primary N) is 1. The average Bonchev–Trinajstić information content (AvgIpc) is 2.37. The Labute approximate surface area is 119 Å². The summed E-state index contributed by atoms with van der Waals surface area (Å²) in [6, 6.07) is 11.1. The smallest absolute Gasteiger partial charge is 0.406 e. The molecule has 2 rings (SSSR count). The second-order valence-corrected chi connectivity index (χ2v) is 4.76. The number of ether oxygens (including phenoxy) is 1. The molecule has 0 aromatic heterocycles. The molecular weight excluding hydrogens is 286 g/mol. The van der Waals surface area contributed by atoms with Gasteiger partial charge >= 0.3 is 6.36 Å². The van der Waals surface area contributed by atoms with Crippen molar-refractivity contribution in [1.82, 2.24) is 0 Å². The number of halogens is 4. The Bertz CT molecular complexity index is 638. The fourth-order valence-corrected chi connectivity index (χ4v) is 2.05. The number of hydrogen-bond donors (Lipinski definition) is 1. The van der Waals surface area contributed by atoms with E-state index in [1.807, 2.05) is 0 Å². The molecule has 0 aliphatic rings. The Morgan fingerprint density at radius 1 is 1.00 bits per heavy atom. The molecule has 6 heteroatoms. The van der Waals surface area contributed by atoms with Gasteiger partial charge in [-0.1, -0.05) is 30.3 Å². The lowest BCUT2D eigenvalue weighted by atomic mass is 9.85. The van der Waals surface area contributed by atoms with Crippen LogP contribution in [0.15, 0.2) is 48.5 Å². The third-order valence-corrected chi connectivity index (χ3v) is 3.10. The number of hydrogen-bond acceptors (Lipinski definition) is 2. The first kappa shape index (κ1) is 15.3. The highest BCUT2D eigenvalue weighted by atomic mass is 19.4. The van der Waals surface area contributed by atoms with Crippen LogP contribution in [-0.2, 0) is 5.54 Å². The molecular formula is C15H13F4NO. The van der Waals surface area contributed by atoms with Crippen molar-refractivity contribution in [2.75, 3.05) is 0 Å². The molecule has 2 aromatic rings. The highest BCUT2D eigenvalue weighted by Gasteiger charge is 2.32. The first-order valence-corrected chi connectivity index (χ1v) is 6.10. The van der Waals surface area contributed by atoms with E-state index < -0.39 is 23.5 Å². The van der Waals surface area contributed by atoms with Gasteiger partial charge < -0.3 is 10.5 Å². The Kier molecular flexibility index (Phi) is 3.91. The van der Waals surface area contributed by atoms with E-state index in [4.69, 9.17) is 5.73 Å². The molecule has 1 atom stereocenters. The molecule has 112 valence electrons. The van der Waals surface area contributed by atoms with Crippen LogP contribution in [0.25, 0.3) is 0 Å². The van der Waals surface area contributed by atoms with E-state index in [9.17, 15) is 17.6 Å². The standard InChI is InChI=1S/C15H13F4NO/c1-14(20,12-7-2-3-8-13(12)16)10-5-4-6-11(9-10)21-15(17,18)19/h2-9H,20H2,1H3. The van der Waals surface area contributed by atoms with E-state index >= 15 is 0 Å². The average molecular weight is 299 g/mol. The lowest BCUT2D eigenvalue weighted by Gasteiger charge is -2.27. The summed E-state index contributed by atoms with van der Waals surface area (Å²) in [5, 5.41) is 0. The van der Waals surface area contributed by atoms with Gasteiger partial charge in [0.25, 0.3) is 0 Å². The van der Waals surface area contributed by atoms with Crippen molar-refractivity contribution in [3.63, 3.8) is 0 Å². The normalized spacial score (nSPS) is 14.6. The van der Waals surface area contributed by atoms with Gasteiger partial charge in [0.05, 0.1) is 5.54 Å². The van der Waals surface area contributed by atoms with Crippen molar-refractivity contribution in [2.45, 2.75) is 18.8 Å². The number of alkyl halides is 3. The molecule has 0 aliphatic carbocycles. The van der Waals surface area contributed by atoms with E-state index in [2.05, 4.69) is 4.74 Å². The fourth-order valence-electron chi connectivity index (χ4n) is 2.05. The lowest BCUT2D eigenvalue weighted by molar-refractivity contribution is -0.274. The lowest BCUT2D eigenvalue weighted by Crippen LogP contribution is -2.35. The molecule has 0 spiro atoms. The minimum atomic E-state index is -4.79. The van der Waals surface area contributed by atoms with E-state index in [0.717, 1.165) is 12.1 Å². The molecule has 0 bridgehead atoms. The van der Waals surface area contributed by atoms with Crippen molar-refractivity contribution < 1.29 is 22.3 Å². The molecule has 21 heavy (non-hydrogen) atoms. The quantitative estimate of drug-likeness (QED) is 0.871. The predicted octanol–water partition coefficient (Wildman–Crippen LogP) is 3.95. The maximum absolute atomic E-state index is 13.9. The van der Waals surface area contributed by atoms with Gasteiger partial charge in [0.15, 0.2) is 0 Å². The molecule has 1 unspecified atom stereocenters. The van der Waals surface area contributed by atoms with Gasteiger partial charge in [-0.05, 0) is 30.7 Å². The summed E-state index contributed by atoms with van der Waals surface area (Å²) >= 11 is 0. The highest BCUT2D eigenvalue weighted by Crippen LogP contribution is 2.32. The maximum atomic E-state index is 13.9. The predicted molar refractivity (Wildman–Crippen MR) is 70.2 cm³/mol. The van der Waals surface area contributed by atoms with Crippen molar-refractivity contribution in [3.8, 4) is 5.75 Å². The molecule has 0 saturated carbocycles. The largest absolute Gasteiger partial charge is 0.573 e. The van der Waals surface area contributed by atoms with Gasteiger partial charge in [-0.2, -0.15) is 0 Å². The minimum Gasteiger partial charge on any atom is -0.406 e. The summed E-state index contributed by atoms with van der Waals surface area (Å²) in [6.45, 7) is 1.53. The third-order valence-electron chi connectivity index (χ3n) is 3.10. The zero-order valence-electron chi connectivity index (χ0n) is 11.1. The highest BCUT2D eigenvalue weighted by molar-refractivity contribution is 5.41. The van der Waals surface area contributed by atoms with Crippen LogP contribution in [0.1, 0.15) is 18.1 Å². The van der Waals surface area contributed by atoms with Crippen molar-refractivity contribution >= 4 is 0 Å². The SMILES string of the molecule is CC(N)(c1cccc(OC(F)(F)F)c1)c1ccccc1F. The third kappa shape index (κ3) is 3.52. The first-order chi connectivity index (χ1) is 9.70. The molecule has 0 fully saturated rings. The van der Waals surface area contributed by atoms with Crippen LogP contribution in [-0.4, -0.2) is 6.36 Å². The summed E-state index contributed by atoms with van der Waals surface area (Å²) in [5.41, 5.74) is 5.34. The van der Waals surface area contributed by atoms with Crippen LogP contribution >= 0.6 is 0 Å². The number of benzene rings is 2. The van der Waals surface area contributed by atoms with Crippen LogP contribution < -0.4 is 10.5 Å². The monoisotopic (exact) mass is 299 g/mol. The van der Waals surface area contributed by atoms with Gasteiger partial charge in [-0.3, -0.25) is 0 Å². The van der Waals surface area contributed by atoms with Gasteiger partial charge in [-0.25, -0.2) is 4.39 Å². The summed E-state index contributed by atoms with van der Waals surface area (Å²) in [5.74, 6) is -0.919. The fraction of sp³-hybridized carbons (Fsp3) is 0.200. The molecule has 0 amide bonds. The summed E-state index contributed by atoms with van der Waals surface area (Å²) in [6.07, 6.45) is -4.79. The summed E-state index contributed by atoms with van der Waals surface area (Å²) < 4.78 is 54.4. The maximum Gasteiger partial charge on any atom is 0.573 e. The molecule has 0 radical (unpaired) electrons. The second-order valence-electron chi connectivity index (χ2n) is 4.76. The molecule has 0 saturated heterocycles. The van der Waals surface area contributed by atoms with Gasteiger partial charge in [-0.15, -0.1) is 13.2 Å². The van der Waals surface area contributed by atoms with Crippen LogP contribution in [0.4, 0.5) is 17.6 Å². The van der Waals surface area contributed by atoms with E-state index in [-0.39, 0.29) is 5.56 Å².